The van der Waals surface area contributed by atoms with Crippen molar-refractivity contribution in [2.45, 2.75) is 12.5 Å². The van der Waals surface area contributed by atoms with E-state index in [0.29, 0.717) is 0 Å². The second-order valence-electron chi connectivity index (χ2n) is 4.07. The molecule has 0 atom stereocenters. The maximum absolute atomic E-state index is 12.9. The summed E-state index contributed by atoms with van der Waals surface area (Å²) in [4.78, 5) is 3.57. The van der Waals surface area contributed by atoms with Gasteiger partial charge in [0.25, 0.3) is 0 Å². The van der Waals surface area contributed by atoms with Crippen molar-refractivity contribution in [2.75, 3.05) is 5.32 Å². The molecule has 8 heteroatoms. The number of halogens is 6. The van der Waals surface area contributed by atoms with Crippen molar-refractivity contribution in [3.63, 3.8) is 0 Å². The van der Waals surface area contributed by atoms with Gasteiger partial charge in [-0.2, -0.15) is 26.3 Å². The molecule has 0 amide bonds. The van der Waals surface area contributed by atoms with E-state index >= 15 is 0 Å². The molecule has 1 aromatic heterocycles. The van der Waals surface area contributed by atoms with Gasteiger partial charge >= 0.3 is 12.5 Å². The molecule has 2 nitrogen and oxygen atoms in total. The quantitative estimate of drug-likeness (QED) is 0.642. The number of hydrogen-bond donors (Lipinski definition) is 1. The van der Waals surface area contributed by atoms with Gasteiger partial charge in [0.1, 0.15) is 5.82 Å². The zero-order valence-electron chi connectivity index (χ0n) is 10.3. The molecule has 0 spiro atoms. The summed E-state index contributed by atoms with van der Waals surface area (Å²) in [7, 11) is 0. The number of nitrogens with zero attached hydrogens (tertiary/aromatic N) is 1. The van der Waals surface area contributed by atoms with Gasteiger partial charge in [-0.1, -0.05) is 24.3 Å². The van der Waals surface area contributed by atoms with Gasteiger partial charge in [-0.3, -0.25) is 5.32 Å². The zero-order chi connectivity index (χ0) is 15.7. The van der Waals surface area contributed by atoms with Crippen LogP contribution in [-0.4, -0.2) is 11.3 Å². The highest BCUT2D eigenvalue weighted by molar-refractivity contribution is 5.66. The van der Waals surface area contributed by atoms with Gasteiger partial charge in [0.05, 0.1) is 11.3 Å². The van der Waals surface area contributed by atoms with Gasteiger partial charge in [0.15, 0.2) is 0 Å². The Morgan fingerprint density at radius 1 is 0.810 bits per heavy atom. The number of rotatable bonds is 2. The molecule has 0 aliphatic heterocycles. The van der Waals surface area contributed by atoms with Crippen LogP contribution in [0.1, 0.15) is 5.56 Å². The molecule has 21 heavy (non-hydrogen) atoms. The maximum Gasteiger partial charge on any atom is 0.483 e. The number of aromatic nitrogens is 1. The Hall–Kier alpha value is -2.25. The van der Waals surface area contributed by atoms with Gasteiger partial charge in [-0.25, -0.2) is 4.98 Å². The van der Waals surface area contributed by atoms with E-state index in [0.717, 1.165) is 23.5 Å². The Kier molecular flexibility index (Phi) is 3.80. The first-order valence-electron chi connectivity index (χ1n) is 5.65. The van der Waals surface area contributed by atoms with Crippen LogP contribution in [0.2, 0.25) is 0 Å². The maximum atomic E-state index is 12.9. The number of anilines is 1. The highest BCUT2D eigenvalue weighted by Gasteiger charge is 2.34. The van der Waals surface area contributed by atoms with Crippen molar-refractivity contribution >= 4 is 5.82 Å². The molecule has 0 aliphatic carbocycles. The fourth-order valence-corrected chi connectivity index (χ4v) is 1.75. The summed E-state index contributed by atoms with van der Waals surface area (Å²) >= 11 is 0. The molecule has 0 fully saturated rings. The molecule has 0 saturated carbocycles. The van der Waals surface area contributed by atoms with Crippen LogP contribution >= 0.6 is 0 Å². The van der Waals surface area contributed by atoms with Gasteiger partial charge in [-0.15, -0.1) is 0 Å². The molecule has 112 valence electrons. The fourth-order valence-electron chi connectivity index (χ4n) is 1.75. The average Bonchev–Trinajstić information content (AvgIpc) is 2.36. The second kappa shape index (κ2) is 5.27. The van der Waals surface area contributed by atoms with E-state index in [2.05, 4.69) is 4.98 Å². The molecule has 0 aliphatic rings. The van der Waals surface area contributed by atoms with Crippen molar-refractivity contribution < 1.29 is 26.3 Å². The van der Waals surface area contributed by atoms with Crippen molar-refractivity contribution in [1.82, 2.24) is 4.98 Å². The Morgan fingerprint density at radius 3 is 2.10 bits per heavy atom. The summed E-state index contributed by atoms with van der Waals surface area (Å²) in [5, 5.41) is 1.16. The molecule has 0 unspecified atom stereocenters. The highest BCUT2D eigenvalue weighted by Crippen LogP contribution is 2.36. The predicted molar refractivity (Wildman–Crippen MR) is 64.4 cm³/mol. The van der Waals surface area contributed by atoms with E-state index in [4.69, 9.17) is 0 Å². The molecule has 2 aromatic rings. The van der Waals surface area contributed by atoms with Crippen LogP contribution in [-0.2, 0) is 6.18 Å². The lowest BCUT2D eigenvalue weighted by Gasteiger charge is -2.14. The molecular formula is C13H8F6N2. The summed E-state index contributed by atoms with van der Waals surface area (Å²) in [6.45, 7) is 0. The van der Waals surface area contributed by atoms with Crippen LogP contribution in [0.15, 0.2) is 42.5 Å². The van der Waals surface area contributed by atoms with E-state index in [1.165, 1.54) is 24.3 Å². The number of nitrogens with one attached hydrogen (secondary N) is 1. The first kappa shape index (κ1) is 15.1. The highest BCUT2D eigenvalue weighted by atomic mass is 19.4. The Labute approximate surface area is 115 Å². The summed E-state index contributed by atoms with van der Waals surface area (Å²) in [5.74, 6) is -0.572. The van der Waals surface area contributed by atoms with Crippen LogP contribution in [0.25, 0.3) is 11.3 Å². The molecular weight excluding hydrogens is 298 g/mol. The molecule has 0 radical (unpaired) electrons. The third-order valence-corrected chi connectivity index (χ3v) is 2.53. The smallest absolute Gasteiger partial charge is 0.282 e. The molecule has 0 bridgehead atoms. The van der Waals surface area contributed by atoms with Crippen molar-refractivity contribution in [3.05, 3.63) is 48.0 Å². The Bertz CT molecular complexity index is 633. The Balaban J connectivity index is 2.46. The zero-order valence-corrected chi connectivity index (χ0v) is 10.3. The molecule has 1 heterocycles. The fraction of sp³-hybridized carbons (Fsp3) is 0.154. The van der Waals surface area contributed by atoms with Gasteiger partial charge in [0, 0.05) is 5.56 Å². The molecule has 1 aromatic carbocycles. The van der Waals surface area contributed by atoms with Crippen LogP contribution in [0, 0.1) is 0 Å². The Morgan fingerprint density at radius 2 is 1.48 bits per heavy atom. The van der Waals surface area contributed by atoms with Crippen molar-refractivity contribution in [2.24, 2.45) is 0 Å². The van der Waals surface area contributed by atoms with E-state index in [1.54, 1.807) is 0 Å². The first-order valence-corrected chi connectivity index (χ1v) is 5.65. The van der Waals surface area contributed by atoms with E-state index in [9.17, 15) is 26.3 Å². The minimum atomic E-state index is -4.71. The van der Waals surface area contributed by atoms with Crippen molar-refractivity contribution in [1.29, 1.82) is 0 Å². The monoisotopic (exact) mass is 306 g/mol. The lowest BCUT2D eigenvalue weighted by molar-refractivity contribution is -0.137. The number of hydrogen-bond acceptors (Lipinski definition) is 2. The van der Waals surface area contributed by atoms with Crippen LogP contribution in [0.5, 0.6) is 0 Å². The van der Waals surface area contributed by atoms with Gasteiger partial charge in [0.2, 0.25) is 0 Å². The van der Waals surface area contributed by atoms with Crippen molar-refractivity contribution in [3.8, 4) is 11.3 Å². The first-order chi connectivity index (χ1) is 9.67. The summed E-state index contributed by atoms with van der Waals surface area (Å²) in [6, 6.07) is 7.99. The topological polar surface area (TPSA) is 24.9 Å². The normalized spacial score (nSPS) is 12.3. The summed E-state index contributed by atoms with van der Waals surface area (Å²) in [5.41, 5.74) is -1.44. The molecule has 0 saturated heterocycles. The second-order valence-corrected chi connectivity index (χ2v) is 4.07. The van der Waals surface area contributed by atoms with Crippen LogP contribution in [0.3, 0.4) is 0 Å². The summed E-state index contributed by atoms with van der Waals surface area (Å²) in [6.07, 6.45) is -9.33. The minimum Gasteiger partial charge on any atom is -0.282 e. The van der Waals surface area contributed by atoms with Crippen LogP contribution < -0.4 is 5.32 Å². The number of benzene rings is 1. The third-order valence-electron chi connectivity index (χ3n) is 2.53. The van der Waals surface area contributed by atoms with Crippen LogP contribution in [0.4, 0.5) is 32.2 Å². The lowest BCUT2D eigenvalue weighted by Crippen LogP contribution is -2.21. The SMILES string of the molecule is FC(F)(F)Nc1cccc(-c2ccccc2C(F)(F)F)n1. The van der Waals surface area contributed by atoms with Gasteiger partial charge in [-0.05, 0) is 18.2 Å². The average molecular weight is 306 g/mol. The number of alkyl halides is 6. The standard InChI is InChI=1S/C13H8F6N2/c14-12(15,16)9-5-2-1-4-8(9)10-6-3-7-11(20-10)21-13(17,18)19/h1-7H,(H,20,21). The lowest BCUT2D eigenvalue weighted by atomic mass is 10.0. The van der Waals surface area contributed by atoms with E-state index < -0.39 is 23.9 Å². The largest absolute Gasteiger partial charge is 0.483 e. The van der Waals surface area contributed by atoms with E-state index in [1.807, 2.05) is 0 Å². The third kappa shape index (κ3) is 3.87. The van der Waals surface area contributed by atoms with Gasteiger partial charge < -0.3 is 0 Å². The molecule has 1 N–H and O–H groups in total. The minimum absolute atomic E-state index is 0.197. The molecule has 2 rings (SSSR count). The number of pyridine rings is 1. The predicted octanol–water partition coefficient (Wildman–Crippen LogP) is 4.70. The summed E-state index contributed by atoms with van der Waals surface area (Å²) < 4.78 is 75.3. The van der Waals surface area contributed by atoms with E-state index in [-0.39, 0.29) is 11.3 Å².